The minimum absolute atomic E-state index is 0.00337. The summed E-state index contributed by atoms with van der Waals surface area (Å²) in [5, 5.41) is 79.8. The zero-order valence-electron chi connectivity index (χ0n) is 14.4. The Hall–Kier alpha value is -0.970. The van der Waals surface area contributed by atoms with Crippen LogP contribution in [-0.2, 0) is 14.3 Å². The lowest BCUT2D eigenvalue weighted by Gasteiger charge is -2.42. The molecule has 0 aromatic heterocycles. The zero-order chi connectivity index (χ0) is 20.7. The van der Waals surface area contributed by atoms with E-state index in [9.17, 15) is 35.4 Å². The van der Waals surface area contributed by atoms with Gasteiger partial charge in [0.2, 0.25) is 0 Å². The van der Waals surface area contributed by atoms with E-state index < -0.39 is 74.2 Å². The highest BCUT2D eigenvalue weighted by Gasteiger charge is 2.47. The molecule has 0 aromatic carbocycles. The molecular formula is C14H28N2O11. The fraction of sp³-hybridized carbons (Fsp3) is 0.929. The smallest absolute Gasteiger partial charge is 0.251 e. The maximum atomic E-state index is 11.7. The second-order valence-corrected chi connectivity index (χ2v) is 6.06. The monoisotopic (exact) mass is 400 g/mol. The standard InChI is InChI=1S/C14H28N2O11/c15-1-2-16-13(25)10(23)9(22)12(5(19)3-17)27-14-11(24)8(21)7(20)6(4-18)26-14/h5-12,14,17-24H,1-4,15H2,(H,16,25)/t5-,6?,7-,8-,9+,10+,11?,12?,14-/m0/s1. The van der Waals surface area contributed by atoms with Gasteiger partial charge in [-0.25, -0.2) is 0 Å². The van der Waals surface area contributed by atoms with E-state index in [0.29, 0.717) is 0 Å². The van der Waals surface area contributed by atoms with Gasteiger partial charge in [0.05, 0.1) is 13.2 Å². The molecule has 9 atom stereocenters. The van der Waals surface area contributed by atoms with E-state index in [4.69, 9.17) is 25.4 Å². The van der Waals surface area contributed by atoms with E-state index in [1.54, 1.807) is 0 Å². The van der Waals surface area contributed by atoms with E-state index in [2.05, 4.69) is 5.32 Å². The van der Waals surface area contributed by atoms with Crippen LogP contribution in [0.15, 0.2) is 0 Å². The molecule has 0 aliphatic carbocycles. The van der Waals surface area contributed by atoms with Crippen LogP contribution < -0.4 is 11.1 Å². The third-order valence-electron chi connectivity index (χ3n) is 4.08. The molecule has 0 aromatic rings. The molecule has 160 valence electrons. The first-order valence-electron chi connectivity index (χ1n) is 8.28. The summed E-state index contributed by atoms with van der Waals surface area (Å²) in [6.07, 6.45) is -16.2. The van der Waals surface area contributed by atoms with Gasteiger partial charge >= 0.3 is 0 Å². The Morgan fingerprint density at radius 3 is 2.26 bits per heavy atom. The van der Waals surface area contributed by atoms with Crippen LogP contribution >= 0.6 is 0 Å². The van der Waals surface area contributed by atoms with Crippen LogP contribution in [0.5, 0.6) is 0 Å². The summed E-state index contributed by atoms with van der Waals surface area (Å²) in [5.74, 6) is -1.03. The fourth-order valence-electron chi connectivity index (χ4n) is 2.47. The van der Waals surface area contributed by atoms with Crippen LogP contribution in [0.3, 0.4) is 0 Å². The average molecular weight is 400 g/mol. The molecule has 27 heavy (non-hydrogen) atoms. The maximum Gasteiger partial charge on any atom is 0.251 e. The van der Waals surface area contributed by atoms with Crippen molar-refractivity contribution in [3.8, 4) is 0 Å². The molecule has 1 amide bonds. The molecule has 11 N–H and O–H groups in total. The van der Waals surface area contributed by atoms with Gasteiger partial charge in [-0.05, 0) is 0 Å². The minimum atomic E-state index is -2.09. The van der Waals surface area contributed by atoms with Crippen LogP contribution in [0.25, 0.3) is 0 Å². The fourth-order valence-corrected chi connectivity index (χ4v) is 2.47. The molecule has 13 nitrogen and oxygen atoms in total. The molecule has 1 aliphatic heterocycles. The lowest BCUT2D eigenvalue weighted by atomic mass is 9.98. The Kier molecular flexibility index (Phi) is 9.92. The second kappa shape index (κ2) is 11.1. The van der Waals surface area contributed by atoms with E-state index in [1.165, 1.54) is 0 Å². The van der Waals surface area contributed by atoms with E-state index in [1.807, 2.05) is 0 Å². The number of nitrogens with two attached hydrogens (primary N) is 1. The molecule has 1 rings (SSSR count). The second-order valence-electron chi connectivity index (χ2n) is 6.06. The van der Waals surface area contributed by atoms with Gasteiger partial charge in [-0.15, -0.1) is 0 Å². The van der Waals surface area contributed by atoms with Crippen molar-refractivity contribution >= 4 is 5.91 Å². The predicted octanol–water partition coefficient (Wildman–Crippen LogP) is -6.68. The van der Waals surface area contributed by atoms with E-state index in [0.717, 1.165) is 0 Å². The summed E-state index contributed by atoms with van der Waals surface area (Å²) >= 11 is 0. The molecule has 1 aliphatic rings. The Morgan fingerprint density at radius 1 is 1.11 bits per heavy atom. The molecule has 1 fully saturated rings. The Morgan fingerprint density at radius 2 is 1.74 bits per heavy atom. The summed E-state index contributed by atoms with van der Waals surface area (Å²) in [5.41, 5.74) is 5.21. The minimum Gasteiger partial charge on any atom is -0.394 e. The van der Waals surface area contributed by atoms with Crippen molar-refractivity contribution in [2.75, 3.05) is 26.3 Å². The van der Waals surface area contributed by atoms with Crippen molar-refractivity contribution in [1.82, 2.24) is 5.32 Å². The van der Waals surface area contributed by atoms with Gasteiger partial charge in [0, 0.05) is 13.1 Å². The summed E-state index contributed by atoms with van der Waals surface area (Å²) in [6, 6.07) is 0. The van der Waals surface area contributed by atoms with Gasteiger partial charge in [0.1, 0.15) is 42.7 Å². The number of carbonyl (C=O) groups is 1. The van der Waals surface area contributed by atoms with Gasteiger partial charge in [-0.2, -0.15) is 0 Å². The zero-order valence-corrected chi connectivity index (χ0v) is 14.4. The van der Waals surface area contributed by atoms with Crippen molar-refractivity contribution in [3.05, 3.63) is 0 Å². The molecule has 3 unspecified atom stereocenters. The number of hydrogen-bond acceptors (Lipinski definition) is 12. The molecule has 13 heteroatoms. The third-order valence-corrected chi connectivity index (χ3v) is 4.08. The normalized spacial score (nSPS) is 33.1. The van der Waals surface area contributed by atoms with Crippen LogP contribution in [-0.4, -0.2) is 128 Å². The first-order valence-corrected chi connectivity index (χ1v) is 8.28. The van der Waals surface area contributed by atoms with Crippen molar-refractivity contribution < 1.29 is 55.1 Å². The average Bonchev–Trinajstić information content (AvgIpc) is 2.68. The van der Waals surface area contributed by atoms with Gasteiger partial charge in [-0.3, -0.25) is 4.79 Å². The summed E-state index contributed by atoms with van der Waals surface area (Å²) in [7, 11) is 0. The molecule has 0 saturated carbocycles. The SMILES string of the molecule is NCCNC(=O)[C@H](O)[C@@H](O)C(O[C@@H]1OC(CO)[C@H](O)[C@H](O)C1O)[C@@H](O)CO. The molecular weight excluding hydrogens is 372 g/mol. The Labute approximate surface area is 154 Å². The van der Waals surface area contributed by atoms with Gasteiger partial charge in [0.15, 0.2) is 12.4 Å². The number of rotatable bonds is 10. The molecule has 0 bridgehead atoms. The van der Waals surface area contributed by atoms with Crippen molar-refractivity contribution in [2.45, 2.75) is 55.1 Å². The first kappa shape index (κ1) is 24.1. The molecule has 0 spiro atoms. The van der Waals surface area contributed by atoms with Gasteiger partial charge in [-0.1, -0.05) is 0 Å². The van der Waals surface area contributed by atoms with Crippen LogP contribution in [0.4, 0.5) is 0 Å². The summed E-state index contributed by atoms with van der Waals surface area (Å²) in [6.45, 7) is -1.62. The van der Waals surface area contributed by atoms with Crippen LogP contribution in [0.1, 0.15) is 0 Å². The lowest BCUT2D eigenvalue weighted by Crippen LogP contribution is -2.62. The number of hydrogen-bond donors (Lipinski definition) is 10. The van der Waals surface area contributed by atoms with E-state index >= 15 is 0 Å². The van der Waals surface area contributed by atoms with Gasteiger partial charge < -0.3 is 61.4 Å². The van der Waals surface area contributed by atoms with Crippen molar-refractivity contribution in [3.63, 3.8) is 0 Å². The van der Waals surface area contributed by atoms with Crippen LogP contribution in [0, 0.1) is 0 Å². The topological polar surface area (TPSA) is 235 Å². The van der Waals surface area contributed by atoms with Crippen molar-refractivity contribution in [1.29, 1.82) is 0 Å². The number of aliphatic hydroxyl groups excluding tert-OH is 8. The molecule has 1 saturated heterocycles. The number of amides is 1. The summed E-state index contributed by atoms with van der Waals surface area (Å²) in [4.78, 5) is 11.7. The van der Waals surface area contributed by atoms with Crippen molar-refractivity contribution in [2.24, 2.45) is 5.73 Å². The molecule has 1 heterocycles. The largest absolute Gasteiger partial charge is 0.394 e. The first-order chi connectivity index (χ1) is 12.7. The highest BCUT2D eigenvalue weighted by molar-refractivity contribution is 5.81. The number of ether oxygens (including phenoxy) is 2. The number of aliphatic hydroxyl groups is 8. The molecule has 0 radical (unpaired) electrons. The Balaban J connectivity index is 2.92. The predicted molar refractivity (Wildman–Crippen MR) is 85.8 cm³/mol. The summed E-state index contributed by atoms with van der Waals surface area (Å²) < 4.78 is 10.2. The lowest BCUT2D eigenvalue weighted by molar-refractivity contribution is -0.326. The third kappa shape index (κ3) is 6.00. The number of nitrogens with one attached hydrogen (secondary N) is 1. The highest BCUT2D eigenvalue weighted by Crippen LogP contribution is 2.25. The quantitative estimate of drug-likeness (QED) is 0.165. The van der Waals surface area contributed by atoms with Crippen LogP contribution in [0.2, 0.25) is 0 Å². The highest BCUT2D eigenvalue weighted by atomic mass is 16.7. The van der Waals surface area contributed by atoms with E-state index in [-0.39, 0.29) is 13.1 Å². The Bertz CT molecular complexity index is 455. The number of carbonyl (C=O) groups excluding carboxylic acids is 1. The van der Waals surface area contributed by atoms with Gasteiger partial charge in [0.25, 0.3) is 5.91 Å². The maximum absolute atomic E-state index is 11.7.